The number of anilines is 2. The Morgan fingerprint density at radius 3 is 2.62 bits per heavy atom. The van der Waals surface area contributed by atoms with Gasteiger partial charge in [0, 0.05) is 17.6 Å². The maximum Gasteiger partial charge on any atom is 0.185 e. The van der Waals surface area contributed by atoms with Crippen molar-refractivity contribution in [3.05, 3.63) is 29.3 Å². The van der Waals surface area contributed by atoms with Gasteiger partial charge in [-0.25, -0.2) is 13.8 Å². The smallest absolute Gasteiger partial charge is 0.185 e. The molecule has 1 aliphatic rings. The number of carbonyl (C=O) groups is 1. The van der Waals surface area contributed by atoms with Crippen molar-refractivity contribution < 1.29 is 13.6 Å². The van der Waals surface area contributed by atoms with E-state index in [2.05, 4.69) is 10.3 Å². The molecule has 1 aromatic heterocycles. The molecule has 5 nitrogen and oxygen atoms in total. The molecule has 1 fully saturated rings. The van der Waals surface area contributed by atoms with Crippen molar-refractivity contribution in [3.63, 3.8) is 0 Å². The SMILES string of the molecule is Nc1nc(N[C@H]2CC[C@H](N)CC2)sc1-c1ccc(F)c(C=O)c1F. The zero-order chi connectivity index (χ0) is 17.3. The van der Waals surface area contributed by atoms with Gasteiger partial charge in [-0.05, 0) is 37.8 Å². The van der Waals surface area contributed by atoms with Gasteiger partial charge in [0.2, 0.25) is 0 Å². The summed E-state index contributed by atoms with van der Waals surface area (Å²) in [5.41, 5.74) is 11.3. The van der Waals surface area contributed by atoms with Crippen LogP contribution in [0.2, 0.25) is 0 Å². The molecule has 0 bridgehead atoms. The average molecular weight is 352 g/mol. The van der Waals surface area contributed by atoms with E-state index in [4.69, 9.17) is 11.5 Å². The standard InChI is InChI=1S/C16H18F2N4OS/c17-12-6-5-10(13(18)11(12)7-23)14-15(20)22-16(24-14)21-9-3-1-8(19)2-4-9/h5-9H,1-4,19-20H2,(H,21,22)/t8-,9-. The Bertz CT molecular complexity index is 757. The zero-order valence-electron chi connectivity index (χ0n) is 12.9. The Morgan fingerprint density at radius 2 is 1.96 bits per heavy atom. The number of benzene rings is 1. The third-order valence-electron chi connectivity index (χ3n) is 4.24. The lowest BCUT2D eigenvalue weighted by Gasteiger charge is -2.26. The number of hydrogen-bond acceptors (Lipinski definition) is 6. The molecule has 1 aromatic carbocycles. The fraction of sp³-hybridized carbons (Fsp3) is 0.375. The third kappa shape index (κ3) is 3.25. The van der Waals surface area contributed by atoms with Crippen LogP contribution in [0.1, 0.15) is 36.0 Å². The number of hydrogen-bond donors (Lipinski definition) is 3. The molecule has 0 spiro atoms. The lowest BCUT2D eigenvalue weighted by atomic mass is 9.92. The number of nitrogens with two attached hydrogens (primary N) is 2. The van der Waals surface area contributed by atoms with Crippen molar-refractivity contribution in [2.24, 2.45) is 5.73 Å². The van der Waals surface area contributed by atoms with Gasteiger partial charge in [-0.1, -0.05) is 11.3 Å². The molecule has 24 heavy (non-hydrogen) atoms. The summed E-state index contributed by atoms with van der Waals surface area (Å²) in [6.45, 7) is 0. The molecule has 5 N–H and O–H groups in total. The Balaban J connectivity index is 1.86. The van der Waals surface area contributed by atoms with Crippen molar-refractivity contribution in [2.75, 3.05) is 11.1 Å². The van der Waals surface area contributed by atoms with Crippen LogP contribution in [0.3, 0.4) is 0 Å². The fourth-order valence-corrected chi connectivity index (χ4v) is 3.86. The summed E-state index contributed by atoms with van der Waals surface area (Å²) < 4.78 is 27.8. The number of halogens is 2. The minimum absolute atomic E-state index is 0.0761. The van der Waals surface area contributed by atoms with E-state index in [1.54, 1.807) is 0 Å². The predicted molar refractivity (Wildman–Crippen MR) is 91.1 cm³/mol. The molecule has 0 amide bonds. The molecule has 2 aromatic rings. The highest BCUT2D eigenvalue weighted by molar-refractivity contribution is 7.19. The zero-order valence-corrected chi connectivity index (χ0v) is 13.7. The van der Waals surface area contributed by atoms with Gasteiger partial charge in [-0.15, -0.1) is 0 Å². The highest BCUT2D eigenvalue weighted by atomic mass is 32.1. The first-order chi connectivity index (χ1) is 11.5. The quantitative estimate of drug-likeness (QED) is 0.735. The van der Waals surface area contributed by atoms with E-state index in [9.17, 15) is 13.6 Å². The van der Waals surface area contributed by atoms with Crippen molar-refractivity contribution in [1.82, 2.24) is 4.98 Å². The van der Waals surface area contributed by atoms with Crippen LogP contribution in [0.4, 0.5) is 19.7 Å². The van der Waals surface area contributed by atoms with Crippen LogP contribution < -0.4 is 16.8 Å². The molecule has 1 saturated carbocycles. The molecule has 1 aliphatic carbocycles. The molecular weight excluding hydrogens is 334 g/mol. The number of nitrogen functional groups attached to an aromatic ring is 1. The summed E-state index contributed by atoms with van der Waals surface area (Å²) >= 11 is 1.19. The van der Waals surface area contributed by atoms with Gasteiger partial charge >= 0.3 is 0 Å². The second kappa shape index (κ2) is 6.82. The summed E-state index contributed by atoms with van der Waals surface area (Å²) in [6, 6.07) is 2.82. The van der Waals surface area contributed by atoms with Crippen LogP contribution in [0.25, 0.3) is 10.4 Å². The van der Waals surface area contributed by atoms with Crippen LogP contribution in [0.15, 0.2) is 12.1 Å². The Labute approximate surface area is 142 Å². The van der Waals surface area contributed by atoms with Crippen LogP contribution in [-0.4, -0.2) is 23.4 Å². The first kappa shape index (κ1) is 16.8. The molecule has 1 heterocycles. The van der Waals surface area contributed by atoms with Crippen molar-refractivity contribution in [1.29, 1.82) is 0 Å². The molecule has 0 saturated heterocycles. The number of aromatic nitrogens is 1. The van der Waals surface area contributed by atoms with E-state index >= 15 is 0 Å². The highest BCUT2D eigenvalue weighted by Crippen LogP contribution is 2.38. The topological polar surface area (TPSA) is 94.0 Å². The molecule has 0 atom stereocenters. The number of aldehydes is 1. The van der Waals surface area contributed by atoms with Crippen LogP contribution >= 0.6 is 11.3 Å². The molecule has 3 rings (SSSR count). The number of carbonyl (C=O) groups excluding carboxylic acids is 1. The van der Waals surface area contributed by atoms with Gasteiger partial charge in [-0.2, -0.15) is 0 Å². The maximum atomic E-state index is 14.3. The van der Waals surface area contributed by atoms with E-state index in [0.717, 1.165) is 31.7 Å². The van der Waals surface area contributed by atoms with E-state index in [0.29, 0.717) is 10.0 Å². The third-order valence-corrected chi connectivity index (χ3v) is 5.28. The molecule has 8 heteroatoms. The van der Waals surface area contributed by atoms with Gasteiger partial charge in [0.05, 0.1) is 10.4 Å². The summed E-state index contributed by atoms with van der Waals surface area (Å²) in [7, 11) is 0. The number of nitrogens with zero attached hydrogens (tertiary/aromatic N) is 1. The Morgan fingerprint density at radius 1 is 1.25 bits per heavy atom. The molecule has 0 unspecified atom stereocenters. The minimum Gasteiger partial charge on any atom is -0.382 e. The summed E-state index contributed by atoms with van der Waals surface area (Å²) in [6.07, 6.45) is 3.93. The minimum atomic E-state index is -0.921. The monoisotopic (exact) mass is 352 g/mol. The number of rotatable bonds is 4. The molecular formula is C16H18F2N4OS. The highest BCUT2D eigenvalue weighted by Gasteiger charge is 2.22. The second-order valence-corrected chi connectivity index (χ2v) is 6.93. The first-order valence-electron chi connectivity index (χ1n) is 7.71. The molecule has 0 aliphatic heterocycles. The summed E-state index contributed by atoms with van der Waals surface area (Å²) in [5, 5.41) is 3.88. The lowest BCUT2D eigenvalue weighted by molar-refractivity contribution is 0.111. The molecule has 0 radical (unpaired) electrons. The summed E-state index contributed by atoms with van der Waals surface area (Å²) in [5.74, 6) is -1.67. The Kier molecular flexibility index (Phi) is 4.77. The van der Waals surface area contributed by atoms with E-state index in [1.165, 1.54) is 17.4 Å². The lowest BCUT2D eigenvalue weighted by Crippen LogP contribution is -2.32. The number of nitrogens with one attached hydrogen (secondary N) is 1. The van der Waals surface area contributed by atoms with Crippen molar-refractivity contribution in [2.45, 2.75) is 37.8 Å². The van der Waals surface area contributed by atoms with Crippen LogP contribution in [0.5, 0.6) is 0 Å². The maximum absolute atomic E-state index is 14.3. The van der Waals surface area contributed by atoms with Crippen LogP contribution in [0, 0.1) is 11.6 Å². The van der Waals surface area contributed by atoms with E-state index in [-0.39, 0.29) is 29.8 Å². The van der Waals surface area contributed by atoms with Gasteiger partial charge in [0.1, 0.15) is 17.5 Å². The van der Waals surface area contributed by atoms with Gasteiger partial charge in [-0.3, -0.25) is 4.79 Å². The van der Waals surface area contributed by atoms with Gasteiger partial charge < -0.3 is 16.8 Å². The molecule has 128 valence electrons. The second-order valence-electron chi connectivity index (χ2n) is 5.93. The normalized spacial score (nSPS) is 20.8. The largest absolute Gasteiger partial charge is 0.382 e. The fourth-order valence-electron chi connectivity index (χ4n) is 2.88. The van der Waals surface area contributed by atoms with E-state index in [1.807, 2.05) is 0 Å². The van der Waals surface area contributed by atoms with Crippen LogP contribution in [-0.2, 0) is 0 Å². The van der Waals surface area contributed by atoms with E-state index < -0.39 is 17.2 Å². The van der Waals surface area contributed by atoms with Crippen molar-refractivity contribution >= 4 is 28.6 Å². The van der Waals surface area contributed by atoms with Gasteiger partial charge in [0.25, 0.3) is 0 Å². The average Bonchev–Trinajstić information content (AvgIpc) is 2.90. The first-order valence-corrected chi connectivity index (χ1v) is 8.53. The predicted octanol–water partition coefficient (Wildman–Crippen LogP) is 3.16. The summed E-state index contributed by atoms with van der Waals surface area (Å²) in [4.78, 5) is 15.5. The van der Waals surface area contributed by atoms with Gasteiger partial charge in [0.15, 0.2) is 11.4 Å². The van der Waals surface area contributed by atoms with Crippen molar-refractivity contribution in [3.8, 4) is 10.4 Å². The number of thiazole rings is 1. The Hall–Kier alpha value is -2.06.